The zero-order valence-electron chi connectivity index (χ0n) is 14.9. The van der Waals surface area contributed by atoms with Crippen LogP contribution in [-0.4, -0.2) is 41.2 Å². The van der Waals surface area contributed by atoms with E-state index in [0.717, 1.165) is 50.2 Å². The summed E-state index contributed by atoms with van der Waals surface area (Å²) in [6, 6.07) is 4.96. The summed E-state index contributed by atoms with van der Waals surface area (Å²) >= 11 is 0. The first-order valence-corrected chi connectivity index (χ1v) is 9.29. The van der Waals surface area contributed by atoms with Crippen LogP contribution in [0.1, 0.15) is 24.8 Å². The van der Waals surface area contributed by atoms with Gasteiger partial charge in [-0.2, -0.15) is 13.2 Å². The van der Waals surface area contributed by atoms with E-state index in [2.05, 4.69) is 20.2 Å². The molecule has 2 amide bonds. The maximum absolute atomic E-state index is 13.1. The molecule has 1 aliphatic carbocycles. The molecule has 5 rings (SSSR count). The van der Waals surface area contributed by atoms with Gasteiger partial charge in [0, 0.05) is 24.7 Å². The predicted molar refractivity (Wildman–Crippen MR) is 97.1 cm³/mol. The number of amides is 2. The number of halogens is 3. The zero-order valence-corrected chi connectivity index (χ0v) is 14.9. The number of aromatic nitrogens is 2. The summed E-state index contributed by atoms with van der Waals surface area (Å²) in [6.45, 7) is 1.52. The fraction of sp³-hybridized carbons (Fsp3) is 0.421. The third kappa shape index (κ3) is 2.94. The monoisotopic (exact) mass is 389 g/mol. The van der Waals surface area contributed by atoms with E-state index in [9.17, 15) is 18.0 Å². The topological polar surface area (TPSA) is 61.4 Å². The number of alkyl halides is 3. The molecule has 28 heavy (non-hydrogen) atoms. The number of rotatable bonds is 2. The summed E-state index contributed by atoms with van der Waals surface area (Å²) < 4.78 is 39.2. The SMILES string of the molecule is O=C(NC1CC1)N1c2nc(-c3cccc(C(F)(F)F)c3)ncc2N2CC[C@H]1C2. The number of carbonyl (C=O) groups is 1. The summed E-state index contributed by atoms with van der Waals surface area (Å²) in [5.41, 5.74) is 0.266. The van der Waals surface area contributed by atoms with E-state index in [1.807, 2.05) is 0 Å². The molecule has 0 spiro atoms. The Morgan fingerprint density at radius 3 is 2.79 bits per heavy atom. The molecule has 2 aliphatic heterocycles. The number of nitrogens with one attached hydrogen (secondary N) is 1. The van der Waals surface area contributed by atoms with Crippen LogP contribution in [0.4, 0.5) is 29.5 Å². The molecule has 2 bridgehead atoms. The fourth-order valence-electron chi connectivity index (χ4n) is 3.82. The Labute approximate surface area is 159 Å². The summed E-state index contributed by atoms with van der Waals surface area (Å²) in [5.74, 6) is 0.644. The van der Waals surface area contributed by atoms with Crippen LogP contribution >= 0.6 is 0 Å². The standard InChI is InChI=1S/C19H18F3N5O/c20-19(21,22)12-3-1-2-11(8-12)16-23-9-15-17(25-16)27(14-6-7-26(15)10-14)18(28)24-13-4-5-13/h1-3,8-9,13-14H,4-7,10H2,(H,24,28)/t14-/m0/s1. The van der Waals surface area contributed by atoms with E-state index in [-0.39, 0.29) is 29.5 Å². The van der Waals surface area contributed by atoms with E-state index in [0.29, 0.717) is 5.82 Å². The Bertz CT molecular complexity index is 943. The Balaban J connectivity index is 1.55. The van der Waals surface area contributed by atoms with Gasteiger partial charge < -0.3 is 10.2 Å². The number of nitrogens with zero attached hydrogens (tertiary/aromatic N) is 4. The molecule has 1 N–H and O–H groups in total. The number of urea groups is 1. The van der Waals surface area contributed by atoms with Gasteiger partial charge in [-0.25, -0.2) is 14.8 Å². The van der Waals surface area contributed by atoms with Gasteiger partial charge in [-0.15, -0.1) is 0 Å². The first-order valence-electron chi connectivity index (χ1n) is 9.29. The molecule has 2 fully saturated rings. The van der Waals surface area contributed by atoms with E-state index < -0.39 is 11.7 Å². The van der Waals surface area contributed by atoms with Crippen molar-refractivity contribution < 1.29 is 18.0 Å². The fourth-order valence-corrected chi connectivity index (χ4v) is 3.82. The maximum Gasteiger partial charge on any atom is 0.416 e. The smallest absolute Gasteiger partial charge is 0.365 e. The van der Waals surface area contributed by atoms with Crippen molar-refractivity contribution in [2.75, 3.05) is 22.9 Å². The number of hydrogen-bond acceptors (Lipinski definition) is 4. The summed E-state index contributed by atoms with van der Waals surface area (Å²) in [7, 11) is 0. The molecule has 1 saturated heterocycles. The maximum atomic E-state index is 13.1. The van der Waals surface area contributed by atoms with Crippen molar-refractivity contribution >= 4 is 17.5 Å². The van der Waals surface area contributed by atoms with Gasteiger partial charge in [-0.05, 0) is 31.4 Å². The average molecular weight is 389 g/mol. The van der Waals surface area contributed by atoms with Crippen LogP contribution in [0.25, 0.3) is 11.4 Å². The lowest BCUT2D eigenvalue weighted by Gasteiger charge is -2.35. The van der Waals surface area contributed by atoms with E-state index in [4.69, 9.17) is 0 Å². The molecule has 3 heterocycles. The van der Waals surface area contributed by atoms with E-state index in [1.165, 1.54) is 6.07 Å². The molecule has 0 radical (unpaired) electrons. The molecule has 6 nitrogen and oxygen atoms in total. The van der Waals surface area contributed by atoms with Crippen LogP contribution in [-0.2, 0) is 6.18 Å². The van der Waals surface area contributed by atoms with Crippen LogP contribution in [0.3, 0.4) is 0 Å². The van der Waals surface area contributed by atoms with Gasteiger partial charge in [0.05, 0.1) is 23.5 Å². The molecule has 3 aliphatic rings. The normalized spacial score (nSPS) is 20.9. The molecule has 1 saturated carbocycles. The lowest BCUT2D eigenvalue weighted by molar-refractivity contribution is -0.137. The van der Waals surface area contributed by atoms with E-state index in [1.54, 1.807) is 17.2 Å². The molecule has 0 unspecified atom stereocenters. The largest absolute Gasteiger partial charge is 0.416 e. The molecule has 1 aromatic heterocycles. The second-order valence-corrected chi connectivity index (χ2v) is 7.46. The molecular weight excluding hydrogens is 371 g/mol. The van der Waals surface area contributed by atoms with Crippen molar-refractivity contribution in [3.63, 3.8) is 0 Å². The first-order chi connectivity index (χ1) is 13.4. The summed E-state index contributed by atoms with van der Waals surface area (Å²) in [5, 5.41) is 2.99. The second-order valence-electron chi connectivity index (χ2n) is 7.46. The number of fused-ring (bicyclic) bond motifs is 4. The van der Waals surface area contributed by atoms with Crippen molar-refractivity contribution in [3.8, 4) is 11.4 Å². The quantitative estimate of drug-likeness (QED) is 0.855. The van der Waals surface area contributed by atoms with Crippen molar-refractivity contribution in [2.24, 2.45) is 0 Å². The van der Waals surface area contributed by atoms with Crippen molar-refractivity contribution in [1.82, 2.24) is 15.3 Å². The Morgan fingerprint density at radius 1 is 1.21 bits per heavy atom. The highest BCUT2D eigenvalue weighted by Crippen LogP contribution is 2.40. The van der Waals surface area contributed by atoms with Gasteiger partial charge in [0.15, 0.2) is 11.6 Å². The molecule has 9 heteroatoms. The zero-order chi connectivity index (χ0) is 19.5. The Kier molecular flexibility index (Phi) is 3.75. The molecule has 2 aromatic rings. The Morgan fingerprint density at radius 2 is 2.04 bits per heavy atom. The van der Waals surface area contributed by atoms with Crippen LogP contribution in [0.2, 0.25) is 0 Å². The molecule has 1 atom stereocenters. The molecule has 146 valence electrons. The number of benzene rings is 1. The highest BCUT2D eigenvalue weighted by molar-refractivity contribution is 5.97. The lowest BCUT2D eigenvalue weighted by atomic mass is 10.1. The van der Waals surface area contributed by atoms with Gasteiger partial charge >= 0.3 is 12.2 Å². The first kappa shape index (κ1) is 17.3. The Hall–Kier alpha value is -2.84. The predicted octanol–water partition coefficient (Wildman–Crippen LogP) is 3.43. The van der Waals surface area contributed by atoms with E-state index >= 15 is 0 Å². The van der Waals surface area contributed by atoms with Crippen molar-refractivity contribution in [3.05, 3.63) is 36.0 Å². The van der Waals surface area contributed by atoms with Crippen LogP contribution < -0.4 is 15.1 Å². The second kappa shape index (κ2) is 6.08. The van der Waals surface area contributed by atoms with Crippen molar-refractivity contribution in [1.29, 1.82) is 0 Å². The van der Waals surface area contributed by atoms with Crippen LogP contribution in [0, 0.1) is 0 Å². The van der Waals surface area contributed by atoms with Crippen LogP contribution in [0.15, 0.2) is 30.5 Å². The van der Waals surface area contributed by atoms with Gasteiger partial charge in [0.25, 0.3) is 0 Å². The average Bonchev–Trinajstić information content (AvgIpc) is 3.39. The number of hydrogen-bond donors (Lipinski definition) is 1. The highest BCUT2D eigenvalue weighted by atomic mass is 19.4. The minimum atomic E-state index is -4.44. The lowest BCUT2D eigenvalue weighted by Crippen LogP contribution is -2.51. The van der Waals surface area contributed by atoms with Gasteiger partial charge in [-0.1, -0.05) is 12.1 Å². The number of anilines is 2. The summed E-state index contributed by atoms with van der Waals surface area (Å²) in [4.78, 5) is 25.4. The number of carbonyl (C=O) groups excluding carboxylic acids is 1. The van der Waals surface area contributed by atoms with Crippen LogP contribution in [0.5, 0.6) is 0 Å². The highest BCUT2D eigenvalue weighted by Gasteiger charge is 2.41. The molecule has 1 aromatic carbocycles. The third-order valence-electron chi connectivity index (χ3n) is 5.42. The summed E-state index contributed by atoms with van der Waals surface area (Å²) in [6.07, 6.45) is -0.0552. The third-order valence-corrected chi connectivity index (χ3v) is 5.42. The van der Waals surface area contributed by atoms with Gasteiger partial charge in [-0.3, -0.25) is 4.90 Å². The minimum absolute atomic E-state index is 0.00973. The minimum Gasteiger partial charge on any atom is -0.365 e. The van der Waals surface area contributed by atoms with Gasteiger partial charge in [0.2, 0.25) is 0 Å². The van der Waals surface area contributed by atoms with Gasteiger partial charge in [0.1, 0.15) is 0 Å². The van der Waals surface area contributed by atoms with Crippen molar-refractivity contribution in [2.45, 2.75) is 37.5 Å². The molecular formula is C19H18F3N5O.